The highest BCUT2D eigenvalue weighted by atomic mass is 32.2. The molecule has 212 valence electrons. The van der Waals surface area contributed by atoms with Crippen molar-refractivity contribution in [1.29, 1.82) is 0 Å². The minimum atomic E-state index is -4.27. The number of hydrogen-bond acceptors (Lipinski definition) is 8. The van der Waals surface area contributed by atoms with Crippen LogP contribution in [0.4, 0.5) is 10.1 Å². The van der Waals surface area contributed by atoms with Crippen molar-refractivity contribution >= 4 is 61.1 Å². The van der Waals surface area contributed by atoms with Crippen LogP contribution in [0.3, 0.4) is 0 Å². The number of benzene rings is 3. The van der Waals surface area contributed by atoms with Crippen molar-refractivity contribution in [1.82, 2.24) is 4.57 Å². The van der Waals surface area contributed by atoms with Gasteiger partial charge in [-0.25, -0.2) is 12.8 Å². The van der Waals surface area contributed by atoms with Gasteiger partial charge in [-0.3, -0.25) is 9.36 Å². The molecule has 0 bridgehead atoms. The van der Waals surface area contributed by atoms with E-state index in [1.165, 1.54) is 47.4 Å². The molecule has 0 N–H and O–H groups in total. The number of rotatable bonds is 3. The minimum absolute atomic E-state index is 0.0462. The van der Waals surface area contributed by atoms with E-state index < -0.39 is 10.1 Å². The summed E-state index contributed by atoms with van der Waals surface area (Å²) in [5, 5.41) is 0.821. The van der Waals surface area contributed by atoms with Gasteiger partial charge >= 0.3 is 5.89 Å². The number of oxazole rings is 1. The van der Waals surface area contributed by atoms with Crippen molar-refractivity contribution in [2.75, 3.05) is 11.9 Å². The zero-order valence-electron chi connectivity index (χ0n) is 22.6. The third-order valence-electron chi connectivity index (χ3n) is 6.54. The number of para-hydroxylation sites is 2. The quantitative estimate of drug-likeness (QED) is 0.227. The van der Waals surface area contributed by atoms with E-state index in [2.05, 4.69) is 0 Å². The molecule has 5 aromatic rings. The average molecular weight is 612 g/mol. The lowest BCUT2D eigenvalue weighted by Gasteiger charge is -2.12. The fraction of sp³-hybridized carbons (Fsp3) is 0.172. The van der Waals surface area contributed by atoms with Gasteiger partial charge in [-0.1, -0.05) is 41.6 Å². The first-order chi connectivity index (χ1) is 19.5. The molecule has 8 nitrogen and oxygen atoms in total. The third kappa shape index (κ3) is 5.73. The molecular formula is C29H26FN3O5S3. The van der Waals surface area contributed by atoms with E-state index in [1.807, 2.05) is 67.8 Å². The van der Waals surface area contributed by atoms with Gasteiger partial charge < -0.3 is 13.9 Å². The maximum Gasteiger partial charge on any atom is 0.376 e. The average Bonchev–Trinajstić information content (AvgIpc) is 3.54. The first-order valence-corrected chi connectivity index (χ1v) is 15.6. The highest BCUT2D eigenvalue weighted by molar-refractivity contribution is 8.08. The smallest absolute Gasteiger partial charge is 0.376 e. The first kappa shape index (κ1) is 28.8. The minimum Gasteiger partial charge on any atom is -0.744 e. The monoisotopic (exact) mass is 611 g/mol. The second kappa shape index (κ2) is 11.3. The van der Waals surface area contributed by atoms with Crippen LogP contribution in [0, 0.1) is 12.7 Å². The predicted molar refractivity (Wildman–Crippen MR) is 158 cm³/mol. The van der Waals surface area contributed by atoms with E-state index in [1.54, 1.807) is 22.8 Å². The summed E-state index contributed by atoms with van der Waals surface area (Å²) in [4.78, 5) is 15.9. The van der Waals surface area contributed by atoms with Gasteiger partial charge in [-0.05, 0) is 50.2 Å². The fourth-order valence-corrected chi connectivity index (χ4v) is 7.24. The summed E-state index contributed by atoms with van der Waals surface area (Å²) >= 11 is 2.92. The molecule has 3 aromatic carbocycles. The zero-order valence-corrected chi connectivity index (χ0v) is 25.1. The van der Waals surface area contributed by atoms with E-state index in [-0.39, 0.29) is 16.3 Å². The summed E-state index contributed by atoms with van der Waals surface area (Å²) in [6.45, 7) is 4.32. The van der Waals surface area contributed by atoms with Crippen molar-refractivity contribution in [3.63, 3.8) is 0 Å². The molecule has 1 aliphatic heterocycles. The molecule has 6 rings (SSSR count). The number of hydrogen-bond donors (Lipinski definition) is 0. The van der Waals surface area contributed by atoms with E-state index in [0.29, 0.717) is 17.0 Å². The Morgan fingerprint density at radius 3 is 2.46 bits per heavy atom. The Kier molecular flexibility index (Phi) is 7.93. The van der Waals surface area contributed by atoms with E-state index in [0.717, 1.165) is 36.9 Å². The molecule has 0 amide bonds. The Bertz CT molecular complexity index is 2060. The fourth-order valence-electron chi connectivity index (χ4n) is 4.34. The van der Waals surface area contributed by atoms with Gasteiger partial charge in [0.25, 0.3) is 11.1 Å². The zero-order chi connectivity index (χ0) is 29.5. The van der Waals surface area contributed by atoms with Crippen LogP contribution in [0.2, 0.25) is 0 Å². The normalized spacial score (nSPS) is 14.8. The standard InChI is InChI=1S/C22H19FN3O2S2.C7H8O3S/c1-4-26-19(12-18-24(2)14-7-5-6-8-16(14)28-18)30-20(21(26)27)22-25(3)15-11-13(23)9-10-17(15)29-22;1-6-2-4-7(5-3-6)11(8,9)10/h5-12H,4H2,1-3H3;2-5H,1H3,(H,8,9,10)/q+1;/p-1/b22-20-;. The van der Waals surface area contributed by atoms with Crippen molar-refractivity contribution < 1.29 is 26.3 Å². The van der Waals surface area contributed by atoms with Crippen molar-refractivity contribution in [2.24, 2.45) is 7.05 Å². The Balaban J connectivity index is 0.000000259. The molecule has 0 atom stereocenters. The number of thioether (sulfide) groups is 1. The lowest BCUT2D eigenvalue weighted by molar-refractivity contribution is -0.652. The molecule has 0 unspecified atom stereocenters. The molecule has 1 aliphatic rings. The van der Waals surface area contributed by atoms with Crippen LogP contribution in [0.25, 0.3) is 22.2 Å². The molecule has 0 saturated heterocycles. The highest BCUT2D eigenvalue weighted by Gasteiger charge is 2.25. The van der Waals surface area contributed by atoms with Crippen LogP contribution in [0.5, 0.6) is 0 Å². The lowest BCUT2D eigenvalue weighted by atomic mass is 10.2. The summed E-state index contributed by atoms with van der Waals surface area (Å²) in [7, 11) is -0.457. The van der Waals surface area contributed by atoms with E-state index in [9.17, 15) is 22.2 Å². The van der Waals surface area contributed by atoms with Gasteiger partial charge in [0.15, 0.2) is 0 Å². The van der Waals surface area contributed by atoms with Crippen LogP contribution < -0.4 is 24.2 Å². The van der Waals surface area contributed by atoms with Crippen LogP contribution in [0.15, 0.2) is 85.7 Å². The van der Waals surface area contributed by atoms with Crippen LogP contribution >= 0.6 is 23.1 Å². The molecule has 2 aromatic heterocycles. The Labute approximate surface area is 244 Å². The molecule has 0 aliphatic carbocycles. The predicted octanol–water partition coefficient (Wildman–Crippen LogP) is 3.68. The molecule has 0 saturated carbocycles. The topological polar surface area (TPSA) is 99.5 Å². The number of thiazole rings is 1. The number of anilines is 1. The number of aryl methyl sites for hydroxylation is 2. The van der Waals surface area contributed by atoms with Crippen LogP contribution in [-0.4, -0.2) is 24.6 Å². The van der Waals surface area contributed by atoms with Crippen molar-refractivity contribution in [3.8, 4) is 0 Å². The number of aromatic nitrogens is 2. The first-order valence-electron chi connectivity index (χ1n) is 12.5. The van der Waals surface area contributed by atoms with Gasteiger partial charge in [0.1, 0.15) is 37.2 Å². The largest absolute Gasteiger partial charge is 0.744 e. The van der Waals surface area contributed by atoms with Crippen LogP contribution in [-0.2, 0) is 23.7 Å². The molecule has 3 heterocycles. The van der Waals surface area contributed by atoms with E-state index in [4.69, 9.17) is 4.42 Å². The highest BCUT2D eigenvalue weighted by Crippen LogP contribution is 2.45. The molecule has 41 heavy (non-hydrogen) atoms. The lowest BCUT2D eigenvalue weighted by Crippen LogP contribution is -2.34. The van der Waals surface area contributed by atoms with Gasteiger partial charge in [0.2, 0.25) is 5.58 Å². The maximum atomic E-state index is 13.7. The molecule has 0 radical (unpaired) electrons. The van der Waals surface area contributed by atoms with Gasteiger partial charge in [0.05, 0.1) is 16.7 Å². The summed E-state index contributed by atoms with van der Waals surface area (Å²) in [5.74, 6) is 0.389. The van der Waals surface area contributed by atoms with Crippen LogP contribution in [0.1, 0.15) is 18.4 Å². The number of nitrogens with zero attached hydrogens (tertiary/aromatic N) is 3. The molecule has 0 fully saturated rings. The summed E-state index contributed by atoms with van der Waals surface area (Å²) in [5.41, 5.74) is 3.45. The SMILES string of the molecule is CCn1c(=Cc2oc3ccccc3[n+]2C)s/c(=C2\Sc3ccc(F)cc3N2C)c1=O.Cc1ccc(S(=O)(=O)[O-])cc1. The van der Waals surface area contributed by atoms with E-state index >= 15 is 0 Å². The second-order valence-corrected chi connectivity index (χ2v) is 12.7. The second-order valence-electron chi connectivity index (χ2n) is 9.28. The summed E-state index contributed by atoms with van der Waals surface area (Å²) in [6.07, 6.45) is 1.91. The third-order valence-corrected chi connectivity index (χ3v) is 9.88. The van der Waals surface area contributed by atoms with Crippen molar-refractivity contribution in [3.05, 3.63) is 104 Å². The van der Waals surface area contributed by atoms with Gasteiger partial charge in [0, 0.05) is 24.6 Å². The maximum absolute atomic E-state index is 13.7. The van der Waals surface area contributed by atoms with Crippen molar-refractivity contribution in [2.45, 2.75) is 30.2 Å². The summed E-state index contributed by atoms with van der Waals surface area (Å²) < 4.78 is 56.1. The molecule has 12 heteroatoms. The van der Waals surface area contributed by atoms with Gasteiger partial charge in [-0.15, -0.1) is 11.3 Å². The van der Waals surface area contributed by atoms with Gasteiger partial charge in [-0.2, -0.15) is 4.57 Å². The number of fused-ring (bicyclic) bond motifs is 2. The Hall–Kier alpha value is -3.71. The number of halogens is 1. The molecular weight excluding hydrogens is 586 g/mol. The molecule has 0 spiro atoms. The summed E-state index contributed by atoms with van der Waals surface area (Å²) in [6, 6.07) is 18.3. The Morgan fingerprint density at radius 1 is 1.10 bits per heavy atom. The Morgan fingerprint density at radius 2 is 1.80 bits per heavy atom.